The molecule has 4 aromatic carbocycles. The first-order valence-electron chi connectivity index (χ1n) is 21.7. The topological polar surface area (TPSA) is 115 Å². The molecule has 0 aromatic heterocycles. The summed E-state index contributed by atoms with van der Waals surface area (Å²) in [4.78, 5) is 51.7. The lowest BCUT2D eigenvalue weighted by atomic mass is 9.82. The quantitative estimate of drug-likeness (QED) is 0.176. The molecule has 9 rings (SSSR count). The lowest BCUT2D eigenvalue weighted by Gasteiger charge is -2.39. The Morgan fingerprint density at radius 2 is 1.67 bits per heavy atom. The third kappa shape index (κ3) is 6.86. The molecular formula is C48H56ClN5O6Si. The van der Waals surface area contributed by atoms with E-state index in [4.69, 9.17) is 21.1 Å². The van der Waals surface area contributed by atoms with Gasteiger partial charge in [-0.3, -0.25) is 19.3 Å². The summed E-state index contributed by atoms with van der Waals surface area (Å²) < 4.78 is 12.7. The smallest absolute Gasteiger partial charge is 0.264 e. The number of nitrogens with zero attached hydrogens (tertiary/aromatic N) is 4. The summed E-state index contributed by atoms with van der Waals surface area (Å²) in [6, 6.07) is 31.7. The summed E-state index contributed by atoms with van der Waals surface area (Å²) in [6.07, 6.45) is 2.63. The highest BCUT2D eigenvalue weighted by Gasteiger charge is 2.66. The number of hydrogen-bond donors (Lipinski definition) is 2. The van der Waals surface area contributed by atoms with Crippen LogP contribution in [0.25, 0.3) is 0 Å². The zero-order valence-electron chi connectivity index (χ0n) is 35.5. The van der Waals surface area contributed by atoms with Crippen LogP contribution in [0.3, 0.4) is 0 Å². The van der Waals surface area contributed by atoms with Crippen LogP contribution >= 0.6 is 11.6 Å². The van der Waals surface area contributed by atoms with Gasteiger partial charge in [-0.05, 0) is 104 Å². The first-order chi connectivity index (χ1) is 29.4. The van der Waals surface area contributed by atoms with Crippen LogP contribution in [0.1, 0.15) is 50.2 Å². The number of carbonyl (C=O) groups is 3. The van der Waals surface area contributed by atoms with Crippen LogP contribution in [0.15, 0.2) is 97.1 Å². The molecule has 3 amide bonds. The molecule has 4 fully saturated rings. The average Bonchev–Trinajstić information content (AvgIpc) is 4.01. The number of piperidine rings is 1. The number of ether oxygens (including phenoxy) is 2. The average molecular weight is 863 g/mol. The van der Waals surface area contributed by atoms with E-state index in [1.165, 1.54) is 5.19 Å². The lowest BCUT2D eigenvalue weighted by Crippen LogP contribution is -2.55. The van der Waals surface area contributed by atoms with Gasteiger partial charge in [0.25, 0.3) is 11.8 Å². The molecule has 0 unspecified atom stereocenters. The van der Waals surface area contributed by atoms with Gasteiger partial charge in [0.1, 0.15) is 11.3 Å². The van der Waals surface area contributed by atoms with Crippen LogP contribution in [0.5, 0.6) is 5.75 Å². The number of carbonyl (C=O) groups excluding carboxylic acids is 3. The van der Waals surface area contributed by atoms with Crippen molar-refractivity contribution < 1.29 is 29.0 Å². The maximum atomic E-state index is 15.4. The molecule has 61 heavy (non-hydrogen) atoms. The minimum absolute atomic E-state index is 0.0570. The summed E-state index contributed by atoms with van der Waals surface area (Å²) in [7, 11) is -0.851. The van der Waals surface area contributed by atoms with Gasteiger partial charge >= 0.3 is 0 Å². The van der Waals surface area contributed by atoms with Crippen molar-refractivity contribution in [1.82, 2.24) is 10.2 Å². The summed E-state index contributed by atoms with van der Waals surface area (Å²) >= 11 is 6.76. The molecule has 2 spiro atoms. The van der Waals surface area contributed by atoms with Gasteiger partial charge in [-0.15, -0.1) is 0 Å². The number of nitrogens with one attached hydrogen (secondary N) is 1. The maximum absolute atomic E-state index is 15.4. The molecule has 2 N–H and O–H groups in total. The number of aliphatic hydroxyl groups is 1. The molecule has 5 aliphatic rings. The van der Waals surface area contributed by atoms with Crippen LogP contribution in [-0.4, -0.2) is 93.5 Å². The number of fused-ring (bicyclic) bond motifs is 2. The van der Waals surface area contributed by atoms with Crippen LogP contribution in [0, 0.1) is 5.92 Å². The van der Waals surface area contributed by atoms with Crippen molar-refractivity contribution >= 4 is 59.6 Å². The number of likely N-dealkylation sites (tertiary alicyclic amines) is 1. The molecule has 0 radical (unpaired) electrons. The molecular weight excluding hydrogens is 806 g/mol. The molecule has 5 heterocycles. The van der Waals surface area contributed by atoms with E-state index in [2.05, 4.69) is 54.5 Å². The summed E-state index contributed by atoms with van der Waals surface area (Å²) in [6.45, 7) is 9.54. The highest BCUT2D eigenvalue weighted by atomic mass is 35.5. The monoisotopic (exact) mass is 861 g/mol. The van der Waals surface area contributed by atoms with E-state index < -0.39 is 25.3 Å². The summed E-state index contributed by atoms with van der Waals surface area (Å²) in [5.74, 6) is 0.339. The Bertz CT molecular complexity index is 2290. The third-order valence-electron chi connectivity index (χ3n) is 14.6. The molecule has 11 nitrogen and oxygen atoms in total. The van der Waals surface area contributed by atoms with E-state index in [-0.39, 0.29) is 54.8 Å². The summed E-state index contributed by atoms with van der Waals surface area (Å²) in [5, 5.41) is 15.2. The molecule has 13 heteroatoms. The van der Waals surface area contributed by atoms with Gasteiger partial charge in [0.2, 0.25) is 5.91 Å². The fourth-order valence-corrected chi connectivity index (χ4v) is 15.6. The number of benzene rings is 4. The van der Waals surface area contributed by atoms with Crippen LogP contribution < -0.4 is 29.9 Å². The summed E-state index contributed by atoms with van der Waals surface area (Å²) in [5.41, 5.74) is 2.10. The van der Waals surface area contributed by atoms with E-state index in [0.29, 0.717) is 18.2 Å². The molecule has 0 saturated carbocycles. The number of anilines is 3. The predicted molar refractivity (Wildman–Crippen MR) is 241 cm³/mol. The molecule has 5 atom stereocenters. The van der Waals surface area contributed by atoms with Gasteiger partial charge in [-0.25, -0.2) is 0 Å². The Morgan fingerprint density at radius 1 is 0.951 bits per heavy atom. The maximum Gasteiger partial charge on any atom is 0.264 e. The fraction of sp³-hybridized carbons (Fsp3) is 0.438. The number of halogens is 1. The van der Waals surface area contributed by atoms with E-state index >= 15 is 4.79 Å². The second-order valence-corrected chi connectivity index (χ2v) is 23.2. The van der Waals surface area contributed by atoms with Gasteiger partial charge in [-0.1, -0.05) is 79.3 Å². The molecule has 4 aromatic rings. The lowest BCUT2D eigenvalue weighted by molar-refractivity contribution is -0.150. The fourth-order valence-electron chi connectivity index (χ4n) is 11.4. The first kappa shape index (κ1) is 41.6. The number of amides is 3. The van der Waals surface area contributed by atoms with Gasteiger partial charge in [0.15, 0.2) is 5.60 Å². The molecule has 4 saturated heterocycles. The van der Waals surface area contributed by atoms with Gasteiger partial charge < -0.3 is 34.6 Å². The normalized spacial score (nSPS) is 25.9. The number of para-hydroxylation sites is 1. The van der Waals surface area contributed by atoms with E-state index in [1.807, 2.05) is 82.6 Å². The van der Waals surface area contributed by atoms with Crippen LogP contribution in [-0.2, 0) is 31.3 Å². The van der Waals surface area contributed by atoms with E-state index in [9.17, 15) is 14.7 Å². The Labute approximate surface area is 364 Å². The minimum Gasteiger partial charge on any atom is -0.497 e. The van der Waals surface area contributed by atoms with Crippen molar-refractivity contribution in [3.63, 3.8) is 0 Å². The second kappa shape index (κ2) is 16.2. The van der Waals surface area contributed by atoms with Crippen molar-refractivity contribution in [1.29, 1.82) is 0 Å². The van der Waals surface area contributed by atoms with Crippen molar-refractivity contribution in [3.8, 4) is 5.75 Å². The van der Waals surface area contributed by atoms with Gasteiger partial charge in [0, 0.05) is 34.4 Å². The largest absolute Gasteiger partial charge is 0.497 e. The first-order valence-corrected chi connectivity index (χ1v) is 25.2. The molecule has 5 aliphatic heterocycles. The van der Waals surface area contributed by atoms with Gasteiger partial charge in [-0.2, -0.15) is 0 Å². The van der Waals surface area contributed by atoms with E-state index in [0.717, 1.165) is 72.7 Å². The minimum atomic E-state index is -2.50. The van der Waals surface area contributed by atoms with Crippen molar-refractivity contribution in [2.45, 2.75) is 87.5 Å². The standard InChI is InChI=1S/C48H56ClN5O6Si/c1-32-44(61(3,4)39-19-17-38(59-2)18-20-39)42(28-43(56)51-26-8-11-37(51)30-55)60-48(32)40-27-34(49)14-21-41(40)52(46(48)58)29-33-12-15-35(16-13-33)53-31-54(36-9-6-5-7-10-36)47(45(53)57)22-24-50-25-23-47/h5-7,9-10,12-21,27,32,37,42,44,50,55H,8,11,22-26,28-31H2,1-4H3/t32-,37-,42+,44-,48+/m0/s1. The van der Waals surface area contributed by atoms with Crippen LogP contribution in [0.4, 0.5) is 17.1 Å². The zero-order valence-corrected chi connectivity index (χ0v) is 37.2. The zero-order chi connectivity index (χ0) is 42.7. The number of methoxy groups -OCH3 is 1. The molecule has 0 aliphatic carbocycles. The Morgan fingerprint density at radius 3 is 2.36 bits per heavy atom. The highest BCUT2D eigenvalue weighted by molar-refractivity contribution is 6.91. The second-order valence-electron chi connectivity index (χ2n) is 18.1. The van der Waals surface area contributed by atoms with E-state index in [1.54, 1.807) is 12.0 Å². The van der Waals surface area contributed by atoms with Gasteiger partial charge in [0.05, 0.1) is 59.3 Å². The number of aliphatic hydroxyl groups excluding tert-OH is 1. The predicted octanol–water partition coefficient (Wildman–Crippen LogP) is 6.42. The highest BCUT2D eigenvalue weighted by Crippen LogP contribution is 2.60. The number of rotatable bonds is 10. The van der Waals surface area contributed by atoms with Crippen LogP contribution in [0.2, 0.25) is 23.7 Å². The Balaban J connectivity index is 1.03. The number of hydrogen-bond acceptors (Lipinski definition) is 8. The third-order valence-corrected chi connectivity index (χ3v) is 19.2. The Kier molecular flexibility index (Phi) is 11.0. The van der Waals surface area contributed by atoms with Crippen molar-refractivity contribution in [2.24, 2.45) is 5.92 Å². The molecule has 0 bridgehead atoms. The van der Waals surface area contributed by atoms with Crippen molar-refractivity contribution in [3.05, 3.63) is 113 Å². The SMILES string of the molecule is COc1ccc([Si](C)(C)[C@@H]2[C@@H](CC(=O)N3CCC[C@H]3CO)O[C@]3(C(=O)N(Cc4ccc(N5CN(c6ccccc6)C6(CCNCC6)C5=O)cc4)c4ccc(Cl)cc43)[C@H]2C)cc1. The molecule has 320 valence electrons. The Hall–Kier alpha value is -4.72. The van der Waals surface area contributed by atoms with Crippen molar-refractivity contribution in [2.75, 3.05) is 54.7 Å².